The number of carbonyl (C=O) groups is 1. The average Bonchev–Trinajstić information content (AvgIpc) is 2.80. The van der Waals surface area contributed by atoms with Gasteiger partial charge in [-0.15, -0.1) is 0 Å². The molecule has 174 valence electrons. The van der Waals surface area contributed by atoms with Crippen LogP contribution >= 0.6 is 23.2 Å². The Morgan fingerprint density at radius 1 is 0.909 bits per heavy atom. The number of nitrogens with one attached hydrogen (secondary N) is 2. The molecule has 0 saturated heterocycles. The maximum absolute atomic E-state index is 13.1. The summed E-state index contributed by atoms with van der Waals surface area (Å²) >= 11 is 12.1. The summed E-state index contributed by atoms with van der Waals surface area (Å²) in [7, 11) is -4.10. The molecule has 0 unspecified atom stereocenters. The van der Waals surface area contributed by atoms with Crippen LogP contribution in [0.5, 0.6) is 0 Å². The van der Waals surface area contributed by atoms with Crippen LogP contribution in [0.3, 0.4) is 0 Å². The topological polar surface area (TPSA) is 75.3 Å². The number of sulfonamides is 1. The molecule has 1 amide bonds. The van der Waals surface area contributed by atoms with Crippen LogP contribution in [0, 0.1) is 0 Å². The summed E-state index contributed by atoms with van der Waals surface area (Å²) in [5.74, 6) is -0.402. The maximum atomic E-state index is 13.1. The summed E-state index contributed by atoms with van der Waals surface area (Å²) in [4.78, 5) is 13.0. The fourth-order valence-corrected chi connectivity index (χ4v) is 5.37. The van der Waals surface area contributed by atoms with Crippen LogP contribution in [-0.2, 0) is 27.7 Å². The summed E-state index contributed by atoms with van der Waals surface area (Å²) in [5.41, 5.74) is 2.00. The molecule has 0 spiro atoms. The molecule has 3 aromatic rings. The number of hydrogen-bond acceptors (Lipinski definition) is 3. The fraction of sp³-hybridized carbons (Fsp3) is 0.240. The van der Waals surface area contributed by atoms with Crippen LogP contribution in [0.15, 0.2) is 83.8 Å². The van der Waals surface area contributed by atoms with E-state index < -0.39 is 22.0 Å². The minimum atomic E-state index is -4.10. The molecule has 0 fully saturated rings. The molecule has 2 atom stereocenters. The predicted octanol–water partition coefficient (Wildman–Crippen LogP) is 5.02. The monoisotopic (exact) mass is 504 g/mol. The molecule has 8 heteroatoms. The van der Waals surface area contributed by atoms with Crippen LogP contribution in [0.2, 0.25) is 10.0 Å². The quantitative estimate of drug-likeness (QED) is 0.406. The molecule has 0 aliphatic heterocycles. The number of amides is 1. The summed E-state index contributed by atoms with van der Waals surface area (Å²) < 4.78 is 28.7. The highest BCUT2D eigenvalue weighted by Crippen LogP contribution is 2.25. The molecule has 33 heavy (non-hydrogen) atoms. The van der Waals surface area contributed by atoms with E-state index in [1.807, 2.05) is 67.6 Å². The van der Waals surface area contributed by atoms with E-state index in [0.717, 1.165) is 18.4 Å². The van der Waals surface area contributed by atoms with E-state index in [1.165, 1.54) is 23.8 Å². The number of carbonyl (C=O) groups excluding carboxylic acids is 1. The van der Waals surface area contributed by atoms with E-state index in [0.29, 0.717) is 0 Å². The standard InChI is InChI=1S/C25H26Cl2N2O3S/c1-18(12-13-19-8-4-2-5-9-19)28-25(30)23(16-20-10-6-3-7-11-20)29-33(31,32)24-17-21(26)14-15-22(24)27/h2-11,14-15,17-18,23,29H,12-13,16H2,1H3,(H,28,30)/t18-,23+/m0/s1. The van der Waals surface area contributed by atoms with Crippen LogP contribution < -0.4 is 10.0 Å². The van der Waals surface area contributed by atoms with Gasteiger partial charge in [-0.1, -0.05) is 83.9 Å². The lowest BCUT2D eigenvalue weighted by atomic mass is 10.0. The van der Waals surface area contributed by atoms with Crippen LogP contribution in [0.4, 0.5) is 0 Å². The van der Waals surface area contributed by atoms with Crippen LogP contribution in [0.1, 0.15) is 24.5 Å². The van der Waals surface area contributed by atoms with Gasteiger partial charge >= 0.3 is 0 Å². The molecule has 3 aromatic carbocycles. The number of aryl methyl sites for hydroxylation is 1. The van der Waals surface area contributed by atoms with E-state index in [4.69, 9.17) is 23.2 Å². The van der Waals surface area contributed by atoms with Crippen LogP contribution in [0.25, 0.3) is 0 Å². The van der Waals surface area contributed by atoms with Gasteiger partial charge in [-0.05, 0) is 55.5 Å². The Kier molecular flexibility index (Phi) is 8.92. The van der Waals surface area contributed by atoms with Gasteiger partial charge in [0.1, 0.15) is 10.9 Å². The second kappa shape index (κ2) is 11.7. The van der Waals surface area contributed by atoms with Gasteiger partial charge in [0.15, 0.2) is 0 Å². The maximum Gasteiger partial charge on any atom is 0.242 e. The zero-order chi connectivity index (χ0) is 23.8. The molecule has 0 bridgehead atoms. The second-order valence-corrected chi connectivity index (χ2v) is 10.4. The van der Waals surface area contributed by atoms with Gasteiger partial charge in [-0.2, -0.15) is 4.72 Å². The zero-order valence-electron chi connectivity index (χ0n) is 18.2. The van der Waals surface area contributed by atoms with Crippen molar-refractivity contribution in [2.75, 3.05) is 0 Å². The Morgan fingerprint density at radius 2 is 1.52 bits per heavy atom. The van der Waals surface area contributed by atoms with E-state index in [9.17, 15) is 13.2 Å². The molecule has 0 aliphatic rings. The molecule has 3 rings (SSSR count). The fourth-order valence-electron chi connectivity index (χ4n) is 3.42. The molecule has 0 heterocycles. The van der Waals surface area contributed by atoms with E-state index in [1.54, 1.807) is 0 Å². The summed E-state index contributed by atoms with van der Waals surface area (Å²) in [6.07, 6.45) is 1.71. The SMILES string of the molecule is C[C@@H](CCc1ccccc1)NC(=O)[C@@H](Cc1ccccc1)NS(=O)(=O)c1cc(Cl)ccc1Cl. The predicted molar refractivity (Wildman–Crippen MR) is 133 cm³/mol. The van der Waals surface area contributed by atoms with Gasteiger partial charge in [-0.25, -0.2) is 8.42 Å². The molecule has 5 nitrogen and oxygen atoms in total. The molecular formula is C25H26Cl2N2O3S. The Hall–Kier alpha value is -2.38. The first kappa shape index (κ1) is 25.2. The lowest BCUT2D eigenvalue weighted by molar-refractivity contribution is -0.123. The van der Waals surface area contributed by atoms with Crippen molar-refractivity contribution in [2.45, 2.75) is 43.2 Å². The summed E-state index contributed by atoms with van der Waals surface area (Å²) in [5, 5.41) is 3.21. The third kappa shape index (κ3) is 7.57. The van der Waals surface area contributed by atoms with Gasteiger partial charge in [0.05, 0.1) is 5.02 Å². The Balaban J connectivity index is 1.75. The van der Waals surface area contributed by atoms with Gasteiger partial charge in [-0.3, -0.25) is 4.79 Å². The van der Waals surface area contributed by atoms with E-state index in [2.05, 4.69) is 10.0 Å². The van der Waals surface area contributed by atoms with Crippen molar-refractivity contribution in [3.8, 4) is 0 Å². The largest absolute Gasteiger partial charge is 0.352 e. The zero-order valence-corrected chi connectivity index (χ0v) is 20.5. The van der Waals surface area contributed by atoms with E-state index in [-0.39, 0.29) is 27.4 Å². The van der Waals surface area contributed by atoms with Crippen molar-refractivity contribution >= 4 is 39.1 Å². The number of halogens is 2. The molecule has 0 radical (unpaired) electrons. The Bertz CT molecular complexity index is 1170. The molecule has 0 aromatic heterocycles. The van der Waals surface area contributed by atoms with Crippen molar-refractivity contribution in [1.29, 1.82) is 0 Å². The van der Waals surface area contributed by atoms with Crippen molar-refractivity contribution in [2.24, 2.45) is 0 Å². The van der Waals surface area contributed by atoms with Gasteiger partial charge in [0.2, 0.25) is 15.9 Å². The van der Waals surface area contributed by atoms with Gasteiger partial charge in [0.25, 0.3) is 0 Å². The third-order valence-corrected chi connectivity index (χ3v) is 7.37. The molecular weight excluding hydrogens is 479 g/mol. The molecule has 2 N–H and O–H groups in total. The lowest BCUT2D eigenvalue weighted by Gasteiger charge is -2.22. The highest BCUT2D eigenvalue weighted by atomic mass is 35.5. The third-order valence-electron chi connectivity index (χ3n) is 5.18. The molecule has 0 saturated carbocycles. The van der Waals surface area contributed by atoms with Gasteiger partial charge < -0.3 is 5.32 Å². The summed E-state index contributed by atoms with van der Waals surface area (Å²) in [6, 6.07) is 22.3. The highest BCUT2D eigenvalue weighted by Gasteiger charge is 2.28. The Morgan fingerprint density at radius 3 is 2.15 bits per heavy atom. The molecule has 0 aliphatic carbocycles. The lowest BCUT2D eigenvalue weighted by Crippen LogP contribution is -2.50. The number of benzene rings is 3. The smallest absolute Gasteiger partial charge is 0.242 e. The number of rotatable bonds is 10. The van der Waals surface area contributed by atoms with Crippen molar-refractivity contribution in [3.63, 3.8) is 0 Å². The average molecular weight is 505 g/mol. The normalized spacial score (nSPS) is 13.3. The van der Waals surface area contributed by atoms with Crippen molar-refractivity contribution in [3.05, 3.63) is 100 Å². The minimum absolute atomic E-state index is 0.0296. The van der Waals surface area contributed by atoms with E-state index >= 15 is 0 Å². The van der Waals surface area contributed by atoms with Crippen LogP contribution in [-0.4, -0.2) is 26.4 Å². The Labute approximate surface area is 205 Å². The first-order valence-electron chi connectivity index (χ1n) is 10.6. The van der Waals surface area contributed by atoms with Crippen molar-refractivity contribution in [1.82, 2.24) is 10.0 Å². The second-order valence-electron chi connectivity index (χ2n) is 7.87. The van der Waals surface area contributed by atoms with Crippen molar-refractivity contribution < 1.29 is 13.2 Å². The first-order chi connectivity index (χ1) is 15.7. The first-order valence-corrected chi connectivity index (χ1v) is 12.8. The summed E-state index contributed by atoms with van der Waals surface area (Å²) in [6.45, 7) is 1.91. The van der Waals surface area contributed by atoms with Gasteiger partial charge in [0, 0.05) is 11.1 Å². The highest BCUT2D eigenvalue weighted by molar-refractivity contribution is 7.89. The minimum Gasteiger partial charge on any atom is -0.352 e. The number of hydrogen-bond donors (Lipinski definition) is 2.